The van der Waals surface area contributed by atoms with Gasteiger partial charge in [-0.2, -0.15) is 9.61 Å². The minimum Gasteiger partial charge on any atom is -0.368 e. The minimum absolute atomic E-state index is 0.404. The molecule has 4 aromatic rings. The molecular formula is C16H12N4. The fourth-order valence-electron chi connectivity index (χ4n) is 2.46. The lowest BCUT2D eigenvalue weighted by Gasteiger charge is -2.02. The largest absolute Gasteiger partial charge is 0.368 e. The van der Waals surface area contributed by atoms with Crippen LogP contribution in [0.5, 0.6) is 0 Å². The highest BCUT2D eigenvalue weighted by molar-refractivity contribution is 5.95. The first-order valence-electron chi connectivity index (χ1n) is 6.42. The van der Waals surface area contributed by atoms with Gasteiger partial charge in [0.25, 0.3) is 0 Å². The van der Waals surface area contributed by atoms with Crippen LogP contribution in [-0.4, -0.2) is 14.6 Å². The zero-order chi connectivity index (χ0) is 13.5. The quantitative estimate of drug-likeness (QED) is 0.572. The van der Waals surface area contributed by atoms with Crippen LogP contribution < -0.4 is 5.73 Å². The maximum Gasteiger partial charge on any atom is 0.222 e. The van der Waals surface area contributed by atoms with Crippen LogP contribution in [0, 0.1) is 0 Å². The second-order valence-electron chi connectivity index (χ2n) is 4.68. The van der Waals surface area contributed by atoms with Crippen molar-refractivity contribution in [2.24, 2.45) is 0 Å². The molecule has 2 N–H and O–H groups in total. The van der Waals surface area contributed by atoms with E-state index < -0.39 is 0 Å². The lowest BCUT2D eigenvalue weighted by atomic mass is 10.1. The number of aromatic nitrogens is 3. The molecule has 0 unspecified atom stereocenters. The summed E-state index contributed by atoms with van der Waals surface area (Å²) in [7, 11) is 0. The first-order chi connectivity index (χ1) is 9.83. The molecule has 4 rings (SSSR count). The molecule has 0 bridgehead atoms. The number of benzene rings is 2. The summed E-state index contributed by atoms with van der Waals surface area (Å²) in [6.45, 7) is 0. The zero-order valence-electron chi connectivity index (χ0n) is 10.7. The van der Waals surface area contributed by atoms with Crippen molar-refractivity contribution in [2.75, 3.05) is 5.73 Å². The monoisotopic (exact) mass is 260 g/mol. The van der Waals surface area contributed by atoms with E-state index in [1.807, 2.05) is 54.6 Å². The van der Waals surface area contributed by atoms with E-state index in [1.54, 1.807) is 4.52 Å². The Bertz CT molecular complexity index is 910. The van der Waals surface area contributed by atoms with Crippen molar-refractivity contribution >= 4 is 22.4 Å². The number of nitrogens with zero attached hydrogens (tertiary/aromatic N) is 3. The van der Waals surface area contributed by atoms with E-state index in [9.17, 15) is 0 Å². The second kappa shape index (κ2) is 4.06. The van der Waals surface area contributed by atoms with Crippen molar-refractivity contribution in [3.8, 4) is 11.3 Å². The van der Waals surface area contributed by atoms with Gasteiger partial charge in [0.05, 0.1) is 16.7 Å². The molecule has 0 aliphatic carbocycles. The van der Waals surface area contributed by atoms with Gasteiger partial charge in [0.2, 0.25) is 5.95 Å². The molecule has 2 heterocycles. The predicted molar refractivity (Wildman–Crippen MR) is 80.3 cm³/mol. The molecule has 0 aliphatic rings. The fourth-order valence-corrected chi connectivity index (χ4v) is 2.46. The van der Waals surface area contributed by atoms with Gasteiger partial charge >= 0.3 is 0 Å². The number of hydrogen-bond donors (Lipinski definition) is 1. The SMILES string of the molecule is Nc1nc2ccccc2c2cc(-c3ccccc3)nn12. The molecule has 2 aromatic heterocycles. The van der Waals surface area contributed by atoms with Crippen LogP contribution in [0.15, 0.2) is 60.7 Å². The van der Waals surface area contributed by atoms with Gasteiger partial charge in [-0.15, -0.1) is 0 Å². The predicted octanol–water partition coefficient (Wildman–Crippen LogP) is 3.13. The summed E-state index contributed by atoms with van der Waals surface area (Å²) in [5.41, 5.74) is 9.84. The van der Waals surface area contributed by atoms with E-state index in [4.69, 9.17) is 5.73 Å². The van der Waals surface area contributed by atoms with Crippen molar-refractivity contribution in [1.29, 1.82) is 0 Å². The van der Waals surface area contributed by atoms with Gasteiger partial charge in [0, 0.05) is 10.9 Å². The molecule has 0 fully saturated rings. The number of para-hydroxylation sites is 1. The summed E-state index contributed by atoms with van der Waals surface area (Å²) >= 11 is 0. The summed E-state index contributed by atoms with van der Waals surface area (Å²) in [6, 6.07) is 20.1. The standard InChI is InChI=1S/C16H12N4/c17-16-18-13-9-5-4-8-12(13)15-10-14(19-20(15)16)11-6-2-1-3-7-11/h1-10H,(H2,17,18). The summed E-state index contributed by atoms with van der Waals surface area (Å²) in [4.78, 5) is 4.39. The van der Waals surface area contributed by atoms with E-state index in [2.05, 4.69) is 16.1 Å². The molecule has 20 heavy (non-hydrogen) atoms. The van der Waals surface area contributed by atoms with Gasteiger partial charge in [-0.25, -0.2) is 4.98 Å². The molecule has 0 aliphatic heterocycles. The molecule has 0 amide bonds. The number of anilines is 1. The average molecular weight is 260 g/mol. The Kier molecular flexibility index (Phi) is 2.23. The third kappa shape index (κ3) is 1.55. The Balaban J connectivity index is 2.08. The Morgan fingerprint density at radius 1 is 0.900 bits per heavy atom. The van der Waals surface area contributed by atoms with E-state index in [-0.39, 0.29) is 0 Å². The molecule has 4 heteroatoms. The smallest absolute Gasteiger partial charge is 0.222 e. The number of nitrogens with two attached hydrogens (primary N) is 1. The van der Waals surface area contributed by atoms with Crippen LogP contribution in [0.25, 0.3) is 27.7 Å². The number of hydrogen-bond acceptors (Lipinski definition) is 3. The molecule has 96 valence electrons. The van der Waals surface area contributed by atoms with Gasteiger partial charge in [0.1, 0.15) is 0 Å². The van der Waals surface area contributed by atoms with Crippen LogP contribution in [0.4, 0.5) is 5.95 Å². The normalized spacial score (nSPS) is 11.2. The van der Waals surface area contributed by atoms with Crippen LogP contribution in [-0.2, 0) is 0 Å². The third-order valence-electron chi connectivity index (χ3n) is 3.41. The van der Waals surface area contributed by atoms with Gasteiger partial charge in [0.15, 0.2) is 0 Å². The maximum atomic E-state index is 6.00. The molecular weight excluding hydrogens is 248 g/mol. The molecule has 0 saturated heterocycles. The Labute approximate surface area is 115 Å². The van der Waals surface area contributed by atoms with E-state index in [1.165, 1.54) is 0 Å². The average Bonchev–Trinajstić information content (AvgIpc) is 2.94. The lowest BCUT2D eigenvalue weighted by Crippen LogP contribution is -2.02. The minimum atomic E-state index is 0.404. The van der Waals surface area contributed by atoms with Gasteiger partial charge in [-0.1, -0.05) is 48.5 Å². The van der Waals surface area contributed by atoms with Crippen molar-refractivity contribution in [3.05, 3.63) is 60.7 Å². The summed E-state index contributed by atoms with van der Waals surface area (Å²) in [6.07, 6.45) is 0. The zero-order valence-corrected chi connectivity index (χ0v) is 10.7. The number of rotatable bonds is 1. The second-order valence-corrected chi connectivity index (χ2v) is 4.68. The first-order valence-corrected chi connectivity index (χ1v) is 6.42. The van der Waals surface area contributed by atoms with Crippen molar-refractivity contribution in [1.82, 2.24) is 14.6 Å². The van der Waals surface area contributed by atoms with E-state index in [0.29, 0.717) is 5.95 Å². The Morgan fingerprint density at radius 3 is 2.50 bits per heavy atom. The lowest BCUT2D eigenvalue weighted by molar-refractivity contribution is 0.955. The van der Waals surface area contributed by atoms with E-state index >= 15 is 0 Å². The molecule has 2 aromatic carbocycles. The highest BCUT2D eigenvalue weighted by atomic mass is 15.3. The van der Waals surface area contributed by atoms with E-state index in [0.717, 1.165) is 27.7 Å². The molecule has 0 atom stereocenters. The van der Waals surface area contributed by atoms with Gasteiger partial charge < -0.3 is 5.73 Å². The van der Waals surface area contributed by atoms with Crippen LogP contribution >= 0.6 is 0 Å². The molecule has 0 saturated carbocycles. The summed E-state index contributed by atoms with van der Waals surface area (Å²) < 4.78 is 1.70. The maximum absolute atomic E-state index is 6.00. The van der Waals surface area contributed by atoms with Crippen LogP contribution in [0.1, 0.15) is 0 Å². The highest BCUT2D eigenvalue weighted by Gasteiger charge is 2.10. The fraction of sp³-hybridized carbons (Fsp3) is 0. The van der Waals surface area contributed by atoms with Crippen LogP contribution in [0.3, 0.4) is 0 Å². The van der Waals surface area contributed by atoms with Crippen molar-refractivity contribution in [3.63, 3.8) is 0 Å². The van der Waals surface area contributed by atoms with Crippen molar-refractivity contribution < 1.29 is 0 Å². The van der Waals surface area contributed by atoms with Crippen LogP contribution in [0.2, 0.25) is 0 Å². The molecule has 0 radical (unpaired) electrons. The number of nitrogen functional groups attached to an aromatic ring is 1. The molecule has 0 spiro atoms. The third-order valence-corrected chi connectivity index (χ3v) is 3.41. The first kappa shape index (κ1) is 11.0. The summed E-state index contributed by atoms with van der Waals surface area (Å²) in [5.74, 6) is 0.404. The topological polar surface area (TPSA) is 56.2 Å². The Hall–Kier alpha value is -2.88. The molecule has 4 nitrogen and oxygen atoms in total. The summed E-state index contributed by atoms with van der Waals surface area (Å²) in [5, 5.41) is 5.61. The van der Waals surface area contributed by atoms with Gasteiger partial charge in [-0.3, -0.25) is 0 Å². The number of fused-ring (bicyclic) bond motifs is 3. The highest BCUT2D eigenvalue weighted by Crippen LogP contribution is 2.25. The van der Waals surface area contributed by atoms with Crippen molar-refractivity contribution in [2.45, 2.75) is 0 Å². The van der Waals surface area contributed by atoms with Gasteiger partial charge in [-0.05, 0) is 12.1 Å². The Morgan fingerprint density at radius 2 is 1.65 bits per heavy atom.